The van der Waals surface area contributed by atoms with Crippen molar-refractivity contribution in [3.8, 4) is 28.0 Å². The number of unbranched alkanes of at least 4 members (excludes halogenated alkanes) is 4. The molecule has 0 bridgehead atoms. The van der Waals surface area contributed by atoms with E-state index in [0.717, 1.165) is 5.56 Å². The molecule has 3 rings (SSSR count). The molecule has 0 fully saturated rings. The maximum atomic E-state index is 9.48. The third kappa shape index (κ3) is 8.70. The van der Waals surface area contributed by atoms with Gasteiger partial charge in [0.05, 0.1) is 6.61 Å². The van der Waals surface area contributed by atoms with Gasteiger partial charge in [0, 0.05) is 5.57 Å². The van der Waals surface area contributed by atoms with E-state index in [2.05, 4.69) is 62.9 Å². The minimum atomic E-state index is -0.233. The van der Waals surface area contributed by atoms with Crippen LogP contribution in [0.1, 0.15) is 50.2 Å². The largest absolute Gasteiger partial charge is 0.508 e. The normalized spacial score (nSPS) is 10.3. The average molecular weight is 445 g/mol. The van der Waals surface area contributed by atoms with Gasteiger partial charge in [0.2, 0.25) is 0 Å². The van der Waals surface area contributed by atoms with E-state index in [1.165, 1.54) is 66.3 Å². The van der Waals surface area contributed by atoms with Crippen molar-refractivity contribution in [2.45, 2.75) is 52.4 Å². The molecule has 0 saturated carbocycles. The van der Waals surface area contributed by atoms with Gasteiger partial charge in [0.1, 0.15) is 12.0 Å². The standard InChI is InChI=1S/C26H30O.C4H6O2/c1-3-4-5-6-7-8-21-9-11-22(12-10-21)24-15-18-26(20(2)19-24)23-13-16-25(27)17-14-23;1-4(2-5)3-6/h9-19,27H,3-8H2,1-2H3;2,6H,1,3H2. The lowest BCUT2D eigenvalue weighted by Crippen LogP contribution is -1.88. The lowest BCUT2D eigenvalue weighted by Gasteiger charge is -2.10. The van der Waals surface area contributed by atoms with E-state index in [1.54, 1.807) is 12.1 Å². The molecule has 0 aliphatic heterocycles. The van der Waals surface area contributed by atoms with Crippen molar-refractivity contribution in [3.05, 3.63) is 90.0 Å². The number of phenolic OH excluding ortho intramolecular Hbond substituents is 1. The fraction of sp³-hybridized carbons (Fsp3) is 0.300. The van der Waals surface area contributed by atoms with Crippen LogP contribution >= 0.6 is 0 Å². The van der Waals surface area contributed by atoms with Crippen LogP contribution in [0.3, 0.4) is 0 Å². The summed E-state index contributed by atoms with van der Waals surface area (Å²) in [6.07, 6.45) is 8.37. The van der Waals surface area contributed by atoms with Crippen molar-refractivity contribution < 1.29 is 15.0 Å². The molecule has 3 aromatic rings. The van der Waals surface area contributed by atoms with Crippen molar-refractivity contribution in [1.82, 2.24) is 0 Å². The summed E-state index contributed by atoms with van der Waals surface area (Å²) in [5.74, 6) is 0.304. The Labute approximate surface area is 198 Å². The highest BCUT2D eigenvalue weighted by molar-refractivity contribution is 5.74. The Balaban J connectivity index is 0.000000569. The Bertz CT molecular complexity index is 1000. The van der Waals surface area contributed by atoms with Crippen LogP contribution in [0.15, 0.2) is 78.9 Å². The Morgan fingerprint density at radius 2 is 1.45 bits per heavy atom. The lowest BCUT2D eigenvalue weighted by atomic mass is 9.95. The summed E-state index contributed by atoms with van der Waals surface area (Å²) in [4.78, 5) is 9.48. The first kappa shape index (κ1) is 26.1. The number of benzene rings is 3. The van der Waals surface area contributed by atoms with Crippen molar-refractivity contribution in [3.63, 3.8) is 0 Å². The summed E-state index contributed by atoms with van der Waals surface area (Å²) in [7, 11) is 0. The van der Waals surface area contributed by atoms with E-state index in [-0.39, 0.29) is 12.2 Å². The molecule has 0 heterocycles. The van der Waals surface area contributed by atoms with Crippen LogP contribution in [0, 0.1) is 6.92 Å². The first-order valence-corrected chi connectivity index (χ1v) is 11.7. The van der Waals surface area contributed by atoms with Crippen LogP contribution in [0.2, 0.25) is 0 Å². The molecular weight excluding hydrogens is 408 g/mol. The summed E-state index contributed by atoms with van der Waals surface area (Å²) in [5.41, 5.74) is 7.77. The van der Waals surface area contributed by atoms with Gasteiger partial charge < -0.3 is 10.2 Å². The van der Waals surface area contributed by atoms with Gasteiger partial charge in [-0.25, -0.2) is 0 Å². The van der Waals surface area contributed by atoms with Gasteiger partial charge in [0.15, 0.2) is 0 Å². The first-order valence-electron chi connectivity index (χ1n) is 11.7. The zero-order chi connectivity index (χ0) is 24.1. The number of aryl methyl sites for hydroxylation is 2. The van der Waals surface area contributed by atoms with Gasteiger partial charge in [-0.05, 0) is 65.3 Å². The fourth-order valence-corrected chi connectivity index (χ4v) is 3.64. The molecule has 2 N–H and O–H groups in total. The first-order chi connectivity index (χ1) is 16.0. The monoisotopic (exact) mass is 444 g/mol. The molecule has 33 heavy (non-hydrogen) atoms. The van der Waals surface area contributed by atoms with Gasteiger partial charge in [-0.1, -0.05) is 93.8 Å². The summed E-state index contributed by atoms with van der Waals surface area (Å²) >= 11 is 0. The molecule has 0 atom stereocenters. The third-order valence-electron chi connectivity index (χ3n) is 5.63. The quantitative estimate of drug-likeness (QED) is 0.196. The summed E-state index contributed by atoms with van der Waals surface area (Å²) < 4.78 is 0. The number of aliphatic hydroxyl groups is 1. The molecule has 3 aromatic carbocycles. The molecular formula is C30H36O3. The predicted octanol–water partition coefficient (Wildman–Crippen LogP) is 7.28. The van der Waals surface area contributed by atoms with Crippen LogP contribution in [0.5, 0.6) is 5.75 Å². The smallest absolute Gasteiger partial charge is 0.147 e. The maximum Gasteiger partial charge on any atom is 0.147 e. The predicted molar refractivity (Wildman–Crippen MR) is 138 cm³/mol. The van der Waals surface area contributed by atoms with Gasteiger partial charge in [-0.15, -0.1) is 0 Å². The van der Waals surface area contributed by atoms with Gasteiger partial charge in [0.25, 0.3) is 0 Å². The number of aldehydes is 1. The molecule has 0 aromatic heterocycles. The summed E-state index contributed by atoms with van der Waals surface area (Å²) in [6.45, 7) is 7.35. The average Bonchev–Trinajstić information content (AvgIpc) is 2.85. The minimum Gasteiger partial charge on any atom is -0.508 e. The second-order valence-corrected chi connectivity index (χ2v) is 8.37. The number of hydrogen-bond donors (Lipinski definition) is 2. The summed E-state index contributed by atoms with van der Waals surface area (Å²) in [6, 6.07) is 23.1. The number of carbonyl (C=O) groups excluding carboxylic acids is 1. The van der Waals surface area contributed by atoms with Crippen molar-refractivity contribution in [2.75, 3.05) is 6.61 Å². The second kappa shape index (κ2) is 14.1. The highest BCUT2D eigenvalue weighted by Crippen LogP contribution is 2.29. The molecule has 3 nitrogen and oxygen atoms in total. The molecule has 0 unspecified atom stereocenters. The number of hydrogen-bond acceptors (Lipinski definition) is 3. The van der Waals surface area contributed by atoms with E-state index in [1.807, 2.05) is 12.1 Å². The van der Waals surface area contributed by atoms with E-state index < -0.39 is 0 Å². The van der Waals surface area contributed by atoms with Crippen LogP contribution in [-0.2, 0) is 11.2 Å². The lowest BCUT2D eigenvalue weighted by molar-refractivity contribution is -0.105. The molecule has 0 spiro atoms. The Hall–Kier alpha value is -3.17. The maximum absolute atomic E-state index is 9.48. The van der Waals surface area contributed by atoms with Gasteiger partial charge in [-0.2, -0.15) is 0 Å². The highest BCUT2D eigenvalue weighted by atomic mass is 16.3. The Kier molecular flexibility index (Phi) is 11.1. The zero-order valence-corrected chi connectivity index (χ0v) is 19.9. The van der Waals surface area contributed by atoms with E-state index in [4.69, 9.17) is 5.11 Å². The van der Waals surface area contributed by atoms with Gasteiger partial charge >= 0.3 is 0 Å². The van der Waals surface area contributed by atoms with Crippen LogP contribution in [0.25, 0.3) is 22.3 Å². The number of rotatable bonds is 10. The third-order valence-corrected chi connectivity index (χ3v) is 5.63. The van der Waals surface area contributed by atoms with E-state index in [9.17, 15) is 9.90 Å². The minimum absolute atomic E-state index is 0.218. The van der Waals surface area contributed by atoms with E-state index >= 15 is 0 Å². The van der Waals surface area contributed by atoms with Gasteiger partial charge in [-0.3, -0.25) is 4.79 Å². The van der Waals surface area contributed by atoms with Crippen molar-refractivity contribution in [2.24, 2.45) is 0 Å². The topological polar surface area (TPSA) is 57.5 Å². The Morgan fingerprint density at radius 3 is 2.00 bits per heavy atom. The molecule has 0 amide bonds. The zero-order valence-electron chi connectivity index (χ0n) is 19.9. The molecule has 3 heteroatoms. The number of aromatic hydroxyl groups is 1. The molecule has 0 saturated heterocycles. The molecule has 0 radical (unpaired) electrons. The van der Waals surface area contributed by atoms with Crippen LogP contribution in [0.4, 0.5) is 0 Å². The number of aliphatic hydroxyl groups excluding tert-OH is 1. The Morgan fingerprint density at radius 1 is 0.848 bits per heavy atom. The second-order valence-electron chi connectivity index (χ2n) is 8.37. The number of carbonyl (C=O) groups is 1. The molecule has 0 aliphatic carbocycles. The summed E-state index contributed by atoms with van der Waals surface area (Å²) in [5, 5.41) is 17.5. The highest BCUT2D eigenvalue weighted by Gasteiger charge is 2.05. The van der Waals surface area contributed by atoms with Crippen molar-refractivity contribution in [1.29, 1.82) is 0 Å². The van der Waals surface area contributed by atoms with Crippen molar-refractivity contribution >= 4 is 6.29 Å². The molecule has 0 aliphatic rings. The SMILES string of the molecule is C=C(C=O)CO.CCCCCCCc1ccc(-c2ccc(-c3ccc(O)cc3)c(C)c2)cc1. The van der Waals surface area contributed by atoms with E-state index in [0.29, 0.717) is 12.0 Å². The van der Waals surface area contributed by atoms with Crippen LogP contribution in [-0.4, -0.2) is 23.1 Å². The number of phenols is 1. The van der Waals surface area contributed by atoms with Crippen LogP contribution < -0.4 is 0 Å². The fourth-order valence-electron chi connectivity index (χ4n) is 3.64. The molecule has 174 valence electrons.